The molecule has 1 saturated heterocycles. The zero-order valence-electron chi connectivity index (χ0n) is 13.9. The molecule has 5 heteroatoms. The summed E-state index contributed by atoms with van der Waals surface area (Å²) in [6.45, 7) is 6.87. The van der Waals surface area contributed by atoms with Gasteiger partial charge in [0.2, 0.25) is 5.91 Å². The summed E-state index contributed by atoms with van der Waals surface area (Å²) in [5.41, 5.74) is 0.673. The first kappa shape index (κ1) is 16.6. The Bertz CT molecular complexity index is 509. The molecule has 1 aliphatic rings. The van der Waals surface area contributed by atoms with Gasteiger partial charge in [-0.2, -0.15) is 0 Å². The molecule has 122 valence electrons. The maximum Gasteiger partial charge on any atom is 0.238 e. The van der Waals surface area contributed by atoms with Crippen molar-refractivity contribution in [1.29, 1.82) is 0 Å². The predicted octanol–water partition coefficient (Wildman–Crippen LogP) is 2.62. The summed E-state index contributed by atoms with van der Waals surface area (Å²) < 4.78 is 10.5. The second kappa shape index (κ2) is 7.49. The number of piperidine rings is 1. The number of methoxy groups -OCH3 is 2. The van der Waals surface area contributed by atoms with Gasteiger partial charge in [0.1, 0.15) is 11.5 Å². The largest absolute Gasteiger partial charge is 0.497 e. The molecule has 1 aliphatic heterocycles. The molecule has 0 saturated carbocycles. The van der Waals surface area contributed by atoms with Crippen LogP contribution in [-0.2, 0) is 4.79 Å². The lowest BCUT2D eigenvalue weighted by atomic mass is 9.92. The van der Waals surface area contributed by atoms with Crippen LogP contribution in [0.3, 0.4) is 0 Å². The van der Waals surface area contributed by atoms with Crippen molar-refractivity contribution in [3.63, 3.8) is 0 Å². The van der Waals surface area contributed by atoms with E-state index in [0.717, 1.165) is 13.1 Å². The molecular weight excluding hydrogens is 280 g/mol. The van der Waals surface area contributed by atoms with Crippen LogP contribution in [-0.4, -0.2) is 44.7 Å². The van der Waals surface area contributed by atoms with Crippen LogP contribution in [0.15, 0.2) is 18.2 Å². The highest BCUT2D eigenvalue weighted by atomic mass is 16.5. The molecule has 2 rings (SSSR count). The number of amides is 1. The van der Waals surface area contributed by atoms with Gasteiger partial charge in [0.15, 0.2) is 0 Å². The standard InChI is InChI=1S/C17H26N2O3/c1-12-7-13(2)10-19(9-12)11-17(20)18-15-6-5-14(21-3)8-16(15)22-4/h5-6,8,12-13H,7,9-11H2,1-4H3,(H,18,20). The van der Waals surface area contributed by atoms with Crippen LogP contribution < -0.4 is 14.8 Å². The molecule has 0 spiro atoms. The first-order valence-corrected chi connectivity index (χ1v) is 7.76. The molecule has 2 atom stereocenters. The van der Waals surface area contributed by atoms with E-state index in [2.05, 4.69) is 24.1 Å². The molecule has 0 aromatic heterocycles. The molecule has 5 nitrogen and oxygen atoms in total. The van der Waals surface area contributed by atoms with E-state index in [4.69, 9.17) is 9.47 Å². The van der Waals surface area contributed by atoms with Crippen molar-refractivity contribution in [3.05, 3.63) is 18.2 Å². The molecule has 0 radical (unpaired) electrons. The monoisotopic (exact) mass is 306 g/mol. The zero-order chi connectivity index (χ0) is 16.1. The highest BCUT2D eigenvalue weighted by molar-refractivity contribution is 5.93. The number of hydrogen-bond donors (Lipinski definition) is 1. The number of ether oxygens (including phenoxy) is 2. The summed E-state index contributed by atoms with van der Waals surface area (Å²) in [5, 5.41) is 2.93. The SMILES string of the molecule is COc1ccc(NC(=O)CN2CC(C)CC(C)C2)c(OC)c1. The average Bonchev–Trinajstić information content (AvgIpc) is 2.46. The van der Waals surface area contributed by atoms with Crippen molar-refractivity contribution in [3.8, 4) is 11.5 Å². The number of hydrogen-bond acceptors (Lipinski definition) is 4. The van der Waals surface area contributed by atoms with Gasteiger partial charge in [-0.3, -0.25) is 9.69 Å². The summed E-state index contributed by atoms with van der Waals surface area (Å²) >= 11 is 0. The minimum Gasteiger partial charge on any atom is -0.497 e. The van der Waals surface area contributed by atoms with E-state index >= 15 is 0 Å². The van der Waals surface area contributed by atoms with Crippen molar-refractivity contribution in [2.24, 2.45) is 11.8 Å². The van der Waals surface area contributed by atoms with Crippen LogP contribution in [0.2, 0.25) is 0 Å². The van der Waals surface area contributed by atoms with E-state index in [0.29, 0.717) is 35.6 Å². The van der Waals surface area contributed by atoms with Crippen molar-refractivity contribution in [1.82, 2.24) is 4.90 Å². The van der Waals surface area contributed by atoms with E-state index in [1.807, 2.05) is 6.07 Å². The topological polar surface area (TPSA) is 50.8 Å². The van der Waals surface area contributed by atoms with Gasteiger partial charge in [0.25, 0.3) is 0 Å². The van der Waals surface area contributed by atoms with Crippen LogP contribution in [0.1, 0.15) is 20.3 Å². The van der Waals surface area contributed by atoms with Crippen LogP contribution in [0, 0.1) is 11.8 Å². The molecular formula is C17H26N2O3. The summed E-state index contributed by atoms with van der Waals surface area (Å²) in [4.78, 5) is 14.5. The molecule has 0 bridgehead atoms. The third kappa shape index (κ3) is 4.37. The number of likely N-dealkylation sites (tertiary alicyclic amines) is 1. The second-order valence-corrected chi connectivity index (χ2v) is 6.25. The number of rotatable bonds is 5. The fourth-order valence-corrected chi connectivity index (χ4v) is 3.22. The number of anilines is 1. The first-order chi connectivity index (χ1) is 10.5. The highest BCUT2D eigenvalue weighted by Gasteiger charge is 2.23. The third-order valence-electron chi connectivity index (χ3n) is 3.99. The zero-order valence-corrected chi connectivity index (χ0v) is 13.9. The van der Waals surface area contributed by atoms with E-state index in [-0.39, 0.29) is 5.91 Å². The summed E-state index contributed by atoms with van der Waals surface area (Å²) in [7, 11) is 3.18. The Morgan fingerprint density at radius 3 is 2.50 bits per heavy atom. The van der Waals surface area contributed by atoms with E-state index in [1.54, 1.807) is 26.4 Å². The maximum atomic E-state index is 12.3. The van der Waals surface area contributed by atoms with Gasteiger partial charge >= 0.3 is 0 Å². The predicted molar refractivity (Wildman–Crippen MR) is 87.6 cm³/mol. The van der Waals surface area contributed by atoms with Crippen molar-refractivity contribution < 1.29 is 14.3 Å². The van der Waals surface area contributed by atoms with E-state index < -0.39 is 0 Å². The average molecular weight is 306 g/mol. The Morgan fingerprint density at radius 1 is 1.23 bits per heavy atom. The van der Waals surface area contributed by atoms with Crippen molar-refractivity contribution in [2.75, 3.05) is 39.2 Å². The van der Waals surface area contributed by atoms with Gasteiger partial charge in [-0.05, 0) is 30.4 Å². The molecule has 1 fully saturated rings. The molecule has 22 heavy (non-hydrogen) atoms. The Balaban J connectivity index is 1.97. The number of benzene rings is 1. The maximum absolute atomic E-state index is 12.3. The van der Waals surface area contributed by atoms with Gasteiger partial charge in [-0.25, -0.2) is 0 Å². The molecule has 2 unspecified atom stereocenters. The van der Waals surface area contributed by atoms with E-state index in [1.165, 1.54) is 6.42 Å². The fraction of sp³-hybridized carbons (Fsp3) is 0.588. The number of carbonyl (C=O) groups excluding carboxylic acids is 1. The van der Waals surface area contributed by atoms with Gasteiger partial charge in [0.05, 0.1) is 26.5 Å². The number of nitrogens with one attached hydrogen (secondary N) is 1. The van der Waals surface area contributed by atoms with Crippen LogP contribution >= 0.6 is 0 Å². The molecule has 1 aromatic carbocycles. The van der Waals surface area contributed by atoms with Crippen LogP contribution in [0.5, 0.6) is 11.5 Å². The van der Waals surface area contributed by atoms with Crippen molar-refractivity contribution in [2.45, 2.75) is 20.3 Å². The summed E-state index contributed by atoms with van der Waals surface area (Å²) in [6, 6.07) is 5.38. The summed E-state index contributed by atoms with van der Waals surface area (Å²) in [5.74, 6) is 2.59. The van der Waals surface area contributed by atoms with Gasteiger partial charge in [-0.15, -0.1) is 0 Å². The smallest absolute Gasteiger partial charge is 0.238 e. The minimum atomic E-state index is -0.00948. The lowest BCUT2D eigenvalue weighted by molar-refractivity contribution is -0.117. The third-order valence-corrected chi connectivity index (χ3v) is 3.99. The number of nitrogens with zero attached hydrogens (tertiary/aromatic N) is 1. The van der Waals surface area contributed by atoms with Crippen molar-refractivity contribution >= 4 is 11.6 Å². The first-order valence-electron chi connectivity index (χ1n) is 7.76. The lowest BCUT2D eigenvalue weighted by Crippen LogP contribution is -2.42. The van der Waals surface area contributed by atoms with E-state index in [9.17, 15) is 4.79 Å². The number of carbonyl (C=O) groups is 1. The van der Waals surface area contributed by atoms with Crippen LogP contribution in [0.4, 0.5) is 5.69 Å². The molecule has 1 heterocycles. The Kier molecular flexibility index (Phi) is 5.66. The van der Waals surface area contributed by atoms with Crippen LogP contribution in [0.25, 0.3) is 0 Å². The van der Waals surface area contributed by atoms with Gasteiger partial charge < -0.3 is 14.8 Å². The molecule has 0 aliphatic carbocycles. The Morgan fingerprint density at radius 2 is 1.91 bits per heavy atom. The molecule has 1 aromatic rings. The quantitative estimate of drug-likeness (QED) is 0.908. The fourth-order valence-electron chi connectivity index (χ4n) is 3.22. The normalized spacial score (nSPS) is 22.2. The second-order valence-electron chi connectivity index (χ2n) is 6.25. The van der Waals surface area contributed by atoms with Gasteiger partial charge in [-0.1, -0.05) is 13.8 Å². The Hall–Kier alpha value is -1.75. The molecule has 1 N–H and O–H groups in total. The van der Waals surface area contributed by atoms with Gasteiger partial charge in [0, 0.05) is 19.2 Å². The molecule has 1 amide bonds. The highest BCUT2D eigenvalue weighted by Crippen LogP contribution is 2.29. The lowest BCUT2D eigenvalue weighted by Gasteiger charge is -2.34. The minimum absolute atomic E-state index is 0.00948. The summed E-state index contributed by atoms with van der Waals surface area (Å²) in [6.07, 6.45) is 1.24. The Labute approximate surface area is 132 Å².